The van der Waals surface area contributed by atoms with E-state index in [1.165, 1.54) is 25.7 Å². The van der Waals surface area contributed by atoms with E-state index in [0.29, 0.717) is 23.2 Å². The van der Waals surface area contributed by atoms with Crippen LogP contribution in [0.25, 0.3) is 22.3 Å². The van der Waals surface area contributed by atoms with Gasteiger partial charge in [-0.1, -0.05) is 31.4 Å². The number of carbonyl (C=O) groups excluding carboxylic acids is 1. The zero-order valence-corrected chi connectivity index (χ0v) is 22.3. The maximum absolute atomic E-state index is 11.7. The van der Waals surface area contributed by atoms with Gasteiger partial charge in [-0.2, -0.15) is 0 Å². The van der Waals surface area contributed by atoms with Gasteiger partial charge in [-0.25, -0.2) is 14.8 Å². The lowest BCUT2D eigenvalue weighted by Crippen LogP contribution is -2.30. The van der Waals surface area contributed by atoms with Crippen molar-refractivity contribution < 1.29 is 14.4 Å². The summed E-state index contributed by atoms with van der Waals surface area (Å²) in [6.45, 7) is 7.43. The number of hydrogen-bond donors (Lipinski definition) is 2. The third-order valence-electron chi connectivity index (χ3n) is 7.34. The van der Waals surface area contributed by atoms with Crippen molar-refractivity contribution in [2.45, 2.75) is 52.2 Å². The van der Waals surface area contributed by atoms with E-state index in [9.17, 15) is 4.79 Å². The van der Waals surface area contributed by atoms with Gasteiger partial charge in [0.05, 0.1) is 34.1 Å². The van der Waals surface area contributed by atoms with Crippen LogP contribution in [0.1, 0.15) is 51.4 Å². The lowest BCUT2D eigenvalue weighted by Gasteiger charge is -2.29. The molecule has 2 aliphatic rings. The first-order chi connectivity index (χ1) is 18.0. The SMILES string of the molecule is CCN(CCOC)c1nc2cc(C3NOC(=O)N3)nc(-c3cncc(Cl)c3)c2n1CC1CCC(C)CC1. The lowest BCUT2D eigenvalue weighted by molar-refractivity contribution is 0.121. The molecule has 4 heterocycles. The number of likely N-dealkylation sites (N-methyl/N-ethyl adjacent to an activating group) is 1. The molecule has 1 amide bonds. The molecule has 0 bridgehead atoms. The van der Waals surface area contributed by atoms with Crippen LogP contribution in [0.3, 0.4) is 0 Å². The van der Waals surface area contributed by atoms with E-state index in [-0.39, 0.29) is 0 Å². The molecular formula is C26H34ClN7O3. The average Bonchev–Trinajstić information content (AvgIpc) is 3.49. The molecule has 0 radical (unpaired) electrons. The van der Waals surface area contributed by atoms with Crippen LogP contribution in [0.5, 0.6) is 0 Å². The highest BCUT2D eigenvalue weighted by Crippen LogP contribution is 2.36. The Labute approximate surface area is 221 Å². The molecule has 10 nitrogen and oxygen atoms in total. The molecule has 1 aliphatic carbocycles. The number of hydrogen-bond acceptors (Lipinski definition) is 8. The van der Waals surface area contributed by atoms with Gasteiger partial charge in [0.2, 0.25) is 5.95 Å². The topological polar surface area (TPSA) is 106 Å². The Kier molecular flexibility index (Phi) is 7.78. The number of anilines is 1. The van der Waals surface area contributed by atoms with Gasteiger partial charge < -0.3 is 19.0 Å². The summed E-state index contributed by atoms with van der Waals surface area (Å²) >= 11 is 6.35. The fourth-order valence-electron chi connectivity index (χ4n) is 5.26. The minimum absolute atomic E-state index is 0.524. The molecule has 5 rings (SSSR count). The molecule has 2 fully saturated rings. The summed E-state index contributed by atoms with van der Waals surface area (Å²) in [4.78, 5) is 33.3. The maximum Gasteiger partial charge on any atom is 0.427 e. The van der Waals surface area contributed by atoms with Crippen molar-refractivity contribution in [1.29, 1.82) is 0 Å². The fourth-order valence-corrected chi connectivity index (χ4v) is 5.44. The average molecular weight is 528 g/mol. The minimum Gasteiger partial charge on any atom is -0.383 e. The van der Waals surface area contributed by atoms with Gasteiger partial charge in [0.1, 0.15) is 0 Å². The molecule has 198 valence electrons. The zero-order chi connectivity index (χ0) is 25.9. The monoisotopic (exact) mass is 527 g/mol. The first-order valence-corrected chi connectivity index (χ1v) is 13.3. The van der Waals surface area contributed by atoms with Crippen LogP contribution >= 0.6 is 11.6 Å². The van der Waals surface area contributed by atoms with Crippen LogP contribution in [0, 0.1) is 11.8 Å². The van der Waals surface area contributed by atoms with E-state index >= 15 is 0 Å². The Hall–Kier alpha value is -2.95. The first kappa shape index (κ1) is 25.7. The maximum atomic E-state index is 11.7. The second kappa shape index (κ2) is 11.2. The molecule has 1 saturated carbocycles. The van der Waals surface area contributed by atoms with Gasteiger partial charge in [0.25, 0.3) is 0 Å². The Morgan fingerprint density at radius 1 is 1.22 bits per heavy atom. The number of pyridine rings is 2. The largest absolute Gasteiger partial charge is 0.427 e. The van der Waals surface area contributed by atoms with Crippen LogP contribution in [0.2, 0.25) is 5.02 Å². The summed E-state index contributed by atoms with van der Waals surface area (Å²) in [7, 11) is 1.71. The molecule has 1 aliphatic heterocycles. The number of hydroxylamine groups is 1. The number of methoxy groups -OCH3 is 1. The number of aromatic nitrogens is 4. The van der Waals surface area contributed by atoms with Crippen molar-refractivity contribution in [3.05, 3.63) is 35.2 Å². The van der Waals surface area contributed by atoms with E-state index in [0.717, 1.165) is 53.8 Å². The van der Waals surface area contributed by atoms with Crippen molar-refractivity contribution >= 4 is 34.7 Å². The van der Waals surface area contributed by atoms with Crippen molar-refractivity contribution in [3.63, 3.8) is 0 Å². The first-order valence-electron chi connectivity index (χ1n) is 13.0. The number of rotatable bonds is 9. The Bertz CT molecular complexity index is 1260. The van der Waals surface area contributed by atoms with Gasteiger partial charge in [0, 0.05) is 44.7 Å². The molecule has 3 aromatic rings. The highest BCUT2D eigenvalue weighted by Gasteiger charge is 2.29. The van der Waals surface area contributed by atoms with E-state index in [1.54, 1.807) is 19.5 Å². The highest BCUT2D eigenvalue weighted by molar-refractivity contribution is 6.30. The molecule has 1 saturated heterocycles. The second-order valence-corrected chi connectivity index (χ2v) is 10.4. The van der Waals surface area contributed by atoms with Gasteiger partial charge in [-0.3, -0.25) is 10.3 Å². The van der Waals surface area contributed by atoms with Gasteiger partial charge in [0.15, 0.2) is 6.17 Å². The highest BCUT2D eigenvalue weighted by atomic mass is 35.5. The normalized spacial score (nSPS) is 21.7. The number of halogens is 1. The smallest absolute Gasteiger partial charge is 0.383 e. The van der Waals surface area contributed by atoms with Gasteiger partial charge in [-0.15, -0.1) is 5.48 Å². The Morgan fingerprint density at radius 3 is 2.70 bits per heavy atom. The number of imidazole rings is 1. The molecule has 37 heavy (non-hydrogen) atoms. The zero-order valence-electron chi connectivity index (χ0n) is 21.5. The second-order valence-electron chi connectivity index (χ2n) is 9.96. The van der Waals surface area contributed by atoms with Crippen molar-refractivity contribution in [3.8, 4) is 11.3 Å². The standard InChI is InChI=1S/C26H34ClN7O3/c1-4-33(9-10-36-3)25-30-20-12-21(24-31-26(35)37-32-24)29-22(18-11-19(27)14-28-13-18)23(20)34(25)15-17-7-5-16(2)6-8-17/h11-14,16-17,24,32H,4-10,15H2,1-3H3,(H,31,35). The quantitative estimate of drug-likeness (QED) is 0.413. The molecule has 3 aromatic heterocycles. The van der Waals surface area contributed by atoms with E-state index in [1.807, 2.05) is 12.1 Å². The summed E-state index contributed by atoms with van der Waals surface area (Å²) in [5.74, 6) is 2.23. The van der Waals surface area contributed by atoms with E-state index in [2.05, 4.69) is 39.1 Å². The predicted octanol–water partition coefficient (Wildman–Crippen LogP) is 4.69. The predicted molar refractivity (Wildman–Crippen MR) is 142 cm³/mol. The summed E-state index contributed by atoms with van der Waals surface area (Å²) < 4.78 is 7.72. The third kappa shape index (κ3) is 5.51. The molecule has 2 N–H and O–H groups in total. The summed E-state index contributed by atoms with van der Waals surface area (Å²) in [6.07, 6.45) is 7.10. The summed E-state index contributed by atoms with van der Waals surface area (Å²) in [5, 5.41) is 3.26. The number of nitrogens with zero attached hydrogens (tertiary/aromatic N) is 5. The van der Waals surface area contributed by atoms with E-state index in [4.69, 9.17) is 31.1 Å². The van der Waals surface area contributed by atoms with Crippen LogP contribution < -0.4 is 15.7 Å². The van der Waals surface area contributed by atoms with Gasteiger partial charge >= 0.3 is 6.09 Å². The van der Waals surface area contributed by atoms with E-state index < -0.39 is 12.3 Å². The number of amides is 1. The number of ether oxygens (including phenoxy) is 1. The van der Waals surface area contributed by atoms with Crippen LogP contribution in [-0.2, 0) is 16.1 Å². The summed E-state index contributed by atoms with van der Waals surface area (Å²) in [6, 6.07) is 3.77. The Balaban J connectivity index is 1.69. The van der Waals surface area contributed by atoms with Crippen LogP contribution in [-0.4, -0.2) is 52.4 Å². The van der Waals surface area contributed by atoms with Crippen molar-refractivity contribution in [2.24, 2.45) is 11.8 Å². The fraction of sp³-hybridized carbons (Fsp3) is 0.538. The van der Waals surface area contributed by atoms with Crippen LogP contribution in [0.4, 0.5) is 10.7 Å². The molecule has 1 atom stereocenters. The number of carbonyl (C=O) groups is 1. The minimum atomic E-state index is -0.591. The van der Waals surface area contributed by atoms with Crippen molar-refractivity contribution in [2.75, 3.05) is 31.7 Å². The third-order valence-corrected chi connectivity index (χ3v) is 7.54. The molecule has 0 spiro atoms. The molecule has 0 aromatic carbocycles. The molecule has 11 heteroatoms. The lowest BCUT2D eigenvalue weighted by atomic mass is 9.83. The molecule has 1 unspecified atom stereocenters. The van der Waals surface area contributed by atoms with Crippen LogP contribution in [0.15, 0.2) is 24.5 Å². The molecular weight excluding hydrogens is 494 g/mol. The number of fused-ring (bicyclic) bond motifs is 1. The van der Waals surface area contributed by atoms with Crippen molar-refractivity contribution in [1.82, 2.24) is 30.3 Å². The van der Waals surface area contributed by atoms with Gasteiger partial charge in [-0.05, 0) is 43.7 Å². The number of nitrogens with one attached hydrogen (secondary N) is 2. The summed E-state index contributed by atoms with van der Waals surface area (Å²) in [5.41, 5.74) is 6.53. The Morgan fingerprint density at radius 2 is 2.03 bits per heavy atom.